The molecule has 0 aliphatic carbocycles. The maximum atomic E-state index is 5.46. The molecule has 20 heavy (non-hydrogen) atoms. The van der Waals surface area contributed by atoms with E-state index >= 15 is 0 Å². The molecule has 0 saturated carbocycles. The summed E-state index contributed by atoms with van der Waals surface area (Å²) in [6, 6.07) is 6.25. The fourth-order valence-corrected chi connectivity index (χ4v) is 3.79. The summed E-state index contributed by atoms with van der Waals surface area (Å²) < 4.78 is 10.8. The number of thioether (sulfide) groups is 1. The van der Waals surface area contributed by atoms with Crippen LogP contribution in [0.1, 0.15) is 31.4 Å². The van der Waals surface area contributed by atoms with Gasteiger partial charge in [0.05, 0.1) is 14.2 Å². The van der Waals surface area contributed by atoms with Gasteiger partial charge in [0, 0.05) is 11.6 Å². The lowest BCUT2D eigenvalue weighted by Gasteiger charge is -2.25. The second-order valence-corrected chi connectivity index (χ2v) is 6.52. The van der Waals surface area contributed by atoms with Gasteiger partial charge >= 0.3 is 0 Å². The smallest absolute Gasteiger partial charge is 0.123 e. The van der Waals surface area contributed by atoms with Crippen LogP contribution in [0.5, 0.6) is 11.5 Å². The molecule has 1 fully saturated rings. The molecule has 1 unspecified atom stereocenters. The molecule has 0 aromatic heterocycles. The third kappa shape index (κ3) is 4.06. The predicted molar refractivity (Wildman–Crippen MR) is 86.0 cm³/mol. The van der Waals surface area contributed by atoms with Gasteiger partial charge in [0.1, 0.15) is 11.5 Å². The Balaban J connectivity index is 1.98. The summed E-state index contributed by atoms with van der Waals surface area (Å²) >= 11 is 2.08. The highest BCUT2D eigenvalue weighted by atomic mass is 32.2. The highest BCUT2D eigenvalue weighted by molar-refractivity contribution is 7.99. The van der Waals surface area contributed by atoms with Gasteiger partial charge in [-0.15, -0.1) is 0 Å². The molecule has 4 heteroatoms. The van der Waals surface area contributed by atoms with E-state index in [1.165, 1.54) is 24.3 Å². The van der Waals surface area contributed by atoms with Crippen LogP contribution in [0, 0.1) is 5.92 Å². The number of benzene rings is 1. The largest absolute Gasteiger partial charge is 0.497 e. The van der Waals surface area contributed by atoms with Crippen molar-refractivity contribution in [3.63, 3.8) is 0 Å². The van der Waals surface area contributed by atoms with Gasteiger partial charge in [-0.25, -0.2) is 0 Å². The number of hydrogen-bond acceptors (Lipinski definition) is 4. The molecule has 1 saturated heterocycles. The molecular formula is C16H25NO2S. The van der Waals surface area contributed by atoms with E-state index in [0.29, 0.717) is 0 Å². The summed E-state index contributed by atoms with van der Waals surface area (Å²) in [5.74, 6) is 5.23. The van der Waals surface area contributed by atoms with Crippen molar-refractivity contribution in [2.75, 3.05) is 32.3 Å². The summed E-state index contributed by atoms with van der Waals surface area (Å²) in [7, 11) is 3.42. The van der Waals surface area contributed by atoms with Crippen molar-refractivity contribution in [2.45, 2.75) is 25.8 Å². The Morgan fingerprint density at radius 1 is 1.25 bits per heavy atom. The van der Waals surface area contributed by atoms with E-state index in [0.717, 1.165) is 29.5 Å². The van der Waals surface area contributed by atoms with Crippen molar-refractivity contribution >= 4 is 11.8 Å². The van der Waals surface area contributed by atoms with Crippen LogP contribution in [0.15, 0.2) is 18.2 Å². The molecule has 2 rings (SSSR count). The van der Waals surface area contributed by atoms with E-state index in [1.807, 2.05) is 12.1 Å². The van der Waals surface area contributed by atoms with Crippen molar-refractivity contribution in [1.29, 1.82) is 0 Å². The molecule has 0 radical (unpaired) electrons. The minimum Gasteiger partial charge on any atom is -0.497 e. The number of methoxy groups -OCH3 is 2. The standard InChI is InChI=1S/C16H25NO2S/c1-12(17-11-13-6-8-20-9-7-13)15-10-14(18-2)4-5-16(15)19-3/h4-5,10,12-13,17H,6-9,11H2,1-3H3. The summed E-state index contributed by atoms with van der Waals surface area (Å²) in [4.78, 5) is 0. The van der Waals surface area contributed by atoms with Crippen LogP contribution < -0.4 is 14.8 Å². The highest BCUT2D eigenvalue weighted by Crippen LogP contribution is 2.30. The van der Waals surface area contributed by atoms with Crippen LogP contribution in [-0.4, -0.2) is 32.3 Å². The zero-order valence-electron chi connectivity index (χ0n) is 12.6. The SMILES string of the molecule is COc1ccc(OC)c(C(C)NCC2CCSCC2)c1. The molecule has 0 spiro atoms. The van der Waals surface area contributed by atoms with Crippen molar-refractivity contribution < 1.29 is 9.47 Å². The van der Waals surface area contributed by atoms with Gasteiger partial charge in [0.25, 0.3) is 0 Å². The number of hydrogen-bond donors (Lipinski definition) is 1. The van der Waals surface area contributed by atoms with Gasteiger partial charge in [-0.1, -0.05) is 0 Å². The van der Waals surface area contributed by atoms with E-state index in [4.69, 9.17) is 9.47 Å². The fourth-order valence-electron chi connectivity index (χ4n) is 2.58. The molecule has 1 aromatic carbocycles. The molecule has 1 aromatic rings. The topological polar surface area (TPSA) is 30.5 Å². The van der Waals surface area contributed by atoms with Crippen molar-refractivity contribution in [3.05, 3.63) is 23.8 Å². The van der Waals surface area contributed by atoms with Gasteiger partial charge < -0.3 is 14.8 Å². The zero-order chi connectivity index (χ0) is 14.4. The first-order chi connectivity index (χ1) is 9.74. The molecule has 1 aliphatic rings. The van der Waals surface area contributed by atoms with E-state index < -0.39 is 0 Å². The summed E-state index contributed by atoms with van der Waals surface area (Å²) in [6.45, 7) is 3.27. The monoisotopic (exact) mass is 295 g/mol. The number of rotatable bonds is 6. The number of ether oxygens (including phenoxy) is 2. The summed E-state index contributed by atoms with van der Waals surface area (Å²) in [5, 5.41) is 3.65. The minimum absolute atomic E-state index is 0.273. The second-order valence-electron chi connectivity index (χ2n) is 5.29. The summed E-state index contributed by atoms with van der Waals surface area (Å²) in [6.07, 6.45) is 2.67. The van der Waals surface area contributed by atoms with E-state index in [-0.39, 0.29) is 6.04 Å². The molecule has 1 N–H and O–H groups in total. The van der Waals surface area contributed by atoms with Gasteiger partial charge in [-0.05, 0) is 61.9 Å². The maximum absolute atomic E-state index is 5.46. The normalized spacial score (nSPS) is 17.8. The molecule has 1 atom stereocenters. The van der Waals surface area contributed by atoms with Crippen LogP contribution in [0.2, 0.25) is 0 Å². The van der Waals surface area contributed by atoms with Crippen molar-refractivity contribution in [3.8, 4) is 11.5 Å². The molecule has 0 amide bonds. The van der Waals surface area contributed by atoms with Crippen LogP contribution in [0.25, 0.3) is 0 Å². The Kier molecular flexibility index (Phi) is 6.05. The van der Waals surface area contributed by atoms with Crippen LogP contribution in [0.3, 0.4) is 0 Å². The van der Waals surface area contributed by atoms with Crippen molar-refractivity contribution in [2.24, 2.45) is 5.92 Å². The van der Waals surface area contributed by atoms with Gasteiger partial charge in [-0.3, -0.25) is 0 Å². The maximum Gasteiger partial charge on any atom is 0.123 e. The third-order valence-electron chi connectivity index (χ3n) is 3.96. The zero-order valence-corrected chi connectivity index (χ0v) is 13.5. The first-order valence-corrected chi connectivity index (χ1v) is 8.43. The summed E-state index contributed by atoms with van der Waals surface area (Å²) in [5.41, 5.74) is 1.16. The van der Waals surface area contributed by atoms with Gasteiger partial charge in [-0.2, -0.15) is 11.8 Å². The van der Waals surface area contributed by atoms with Gasteiger partial charge in [0.2, 0.25) is 0 Å². The first kappa shape index (κ1) is 15.5. The highest BCUT2D eigenvalue weighted by Gasteiger charge is 2.17. The van der Waals surface area contributed by atoms with E-state index in [1.54, 1.807) is 14.2 Å². The molecule has 112 valence electrons. The molecule has 1 aliphatic heterocycles. The quantitative estimate of drug-likeness (QED) is 0.870. The third-order valence-corrected chi connectivity index (χ3v) is 5.01. The lowest BCUT2D eigenvalue weighted by molar-refractivity contribution is 0.382. The van der Waals surface area contributed by atoms with Crippen LogP contribution in [-0.2, 0) is 0 Å². The van der Waals surface area contributed by atoms with Crippen LogP contribution >= 0.6 is 11.8 Å². The lowest BCUT2D eigenvalue weighted by Crippen LogP contribution is -2.28. The van der Waals surface area contributed by atoms with Crippen LogP contribution in [0.4, 0.5) is 0 Å². The molecule has 0 bridgehead atoms. The van der Waals surface area contributed by atoms with E-state index in [9.17, 15) is 0 Å². The fraction of sp³-hybridized carbons (Fsp3) is 0.625. The van der Waals surface area contributed by atoms with E-state index in [2.05, 4.69) is 30.1 Å². The predicted octanol–water partition coefficient (Wildman–Crippen LogP) is 3.50. The number of nitrogens with one attached hydrogen (secondary N) is 1. The lowest BCUT2D eigenvalue weighted by atomic mass is 10.0. The first-order valence-electron chi connectivity index (χ1n) is 7.27. The minimum atomic E-state index is 0.273. The average Bonchev–Trinajstić information content (AvgIpc) is 2.52. The van der Waals surface area contributed by atoms with Crippen molar-refractivity contribution in [1.82, 2.24) is 5.32 Å². The Morgan fingerprint density at radius 3 is 2.65 bits per heavy atom. The molecular weight excluding hydrogens is 270 g/mol. The Hall–Kier alpha value is -0.870. The van der Waals surface area contributed by atoms with Gasteiger partial charge in [0.15, 0.2) is 0 Å². The Bertz CT molecular complexity index is 419. The Labute approximate surface area is 126 Å². The average molecular weight is 295 g/mol. The molecule has 3 nitrogen and oxygen atoms in total. The second kappa shape index (κ2) is 7.79. The molecule has 1 heterocycles. The Morgan fingerprint density at radius 2 is 2.00 bits per heavy atom.